The van der Waals surface area contributed by atoms with Gasteiger partial charge in [0.2, 0.25) is 0 Å². The summed E-state index contributed by atoms with van der Waals surface area (Å²) in [7, 11) is 0. The van der Waals surface area contributed by atoms with Gasteiger partial charge in [-0.1, -0.05) is 35.3 Å². The van der Waals surface area contributed by atoms with E-state index in [9.17, 15) is 20.2 Å². The van der Waals surface area contributed by atoms with Gasteiger partial charge in [0.05, 0.1) is 4.92 Å². The summed E-state index contributed by atoms with van der Waals surface area (Å²) in [5.41, 5.74) is -0.145. The van der Waals surface area contributed by atoms with E-state index in [1.165, 1.54) is 36.4 Å². The van der Waals surface area contributed by atoms with E-state index in [2.05, 4.69) is 0 Å². The number of hydrogen-bond donors (Lipinski definition) is 0. The second-order valence-electron chi connectivity index (χ2n) is 3.63. The van der Waals surface area contributed by atoms with Crippen molar-refractivity contribution in [3.05, 3.63) is 74.8 Å². The third-order valence-electron chi connectivity index (χ3n) is 2.47. The SMILES string of the molecule is O=[N+]([O-])c1ccccc1N(c1ccccc1)[N+](=O)[O-]. The molecule has 96 valence electrons. The van der Waals surface area contributed by atoms with Crippen LogP contribution in [0, 0.1) is 20.2 Å². The zero-order valence-electron chi connectivity index (χ0n) is 9.67. The van der Waals surface area contributed by atoms with E-state index in [4.69, 9.17) is 0 Å². The van der Waals surface area contributed by atoms with Crippen molar-refractivity contribution in [2.24, 2.45) is 0 Å². The highest BCUT2D eigenvalue weighted by Crippen LogP contribution is 2.32. The maximum Gasteiger partial charge on any atom is 0.299 e. The highest BCUT2D eigenvalue weighted by Gasteiger charge is 2.27. The molecule has 0 spiro atoms. The Morgan fingerprint density at radius 3 is 2.00 bits per heavy atom. The zero-order valence-corrected chi connectivity index (χ0v) is 9.67. The van der Waals surface area contributed by atoms with E-state index in [1.54, 1.807) is 18.2 Å². The van der Waals surface area contributed by atoms with Crippen LogP contribution in [0.25, 0.3) is 0 Å². The minimum atomic E-state index is -0.683. The second kappa shape index (κ2) is 5.13. The van der Waals surface area contributed by atoms with Crippen LogP contribution in [0.1, 0.15) is 0 Å². The number of hydrazine groups is 1. The monoisotopic (exact) mass is 259 g/mol. The van der Waals surface area contributed by atoms with Crippen LogP contribution in [-0.2, 0) is 0 Å². The molecule has 0 aliphatic carbocycles. The van der Waals surface area contributed by atoms with E-state index in [0.717, 1.165) is 0 Å². The topological polar surface area (TPSA) is 89.5 Å². The smallest absolute Gasteiger partial charge is 0.258 e. The molecule has 0 heterocycles. The lowest BCUT2D eigenvalue weighted by molar-refractivity contribution is -0.484. The molecule has 0 N–H and O–H groups in total. The summed E-state index contributed by atoms with van der Waals surface area (Å²) in [5, 5.41) is 22.1. The molecule has 0 fully saturated rings. The Bertz CT molecular complexity index is 615. The van der Waals surface area contributed by atoms with Gasteiger partial charge < -0.3 is 0 Å². The third-order valence-corrected chi connectivity index (χ3v) is 2.47. The molecule has 2 aromatic rings. The van der Waals surface area contributed by atoms with Gasteiger partial charge in [-0.25, -0.2) is 10.1 Å². The van der Waals surface area contributed by atoms with Crippen molar-refractivity contribution in [3.8, 4) is 0 Å². The maximum atomic E-state index is 11.2. The first-order valence-corrected chi connectivity index (χ1v) is 5.34. The lowest BCUT2D eigenvalue weighted by Crippen LogP contribution is -2.24. The molecule has 0 bridgehead atoms. The van der Waals surface area contributed by atoms with Crippen molar-refractivity contribution in [1.29, 1.82) is 0 Å². The Kier molecular flexibility index (Phi) is 3.37. The highest BCUT2D eigenvalue weighted by molar-refractivity contribution is 5.69. The Hall–Kier alpha value is -2.96. The minimum absolute atomic E-state index is 0.0799. The normalized spacial score (nSPS) is 9.89. The molecule has 7 heteroatoms. The summed E-state index contributed by atoms with van der Waals surface area (Å²) in [6.07, 6.45) is 0. The predicted molar refractivity (Wildman–Crippen MR) is 68.7 cm³/mol. The Morgan fingerprint density at radius 2 is 1.42 bits per heavy atom. The molecule has 19 heavy (non-hydrogen) atoms. The molecule has 0 saturated heterocycles. The number of anilines is 2. The molecule has 2 aromatic carbocycles. The summed E-state index contributed by atoms with van der Waals surface area (Å²) < 4.78 is 0. The van der Waals surface area contributed by atoms with Crippen LogP contribution in [0.3, 0.4) is 0 Å². The summed E-state index contributed by atoms with van der Waals surface area (Å²) in [4.78, 5) is 21.5. The number of hydrogen-bond acceptors (Lipinski definition) is 4. The number of nitro groups is 2. The number of nitro benzene ring substituents is 1. The van der Waals surface area contributed by atoms with Gasteiger partial charge in [-0.3, -0.25) is 10.1 Å². The number of benzene rings is 2. The van der Waals surface area contributed by atoms with Crippen LogP contribution in [0.2, 0.25) is 0 Å². The van der Waals surface area contributed by atoms with Crippen LogP contribution in [0.4, 0.5) is 17.1 Å². The fraction of sp³-hybridized carbons (Fsp3) is 0. The third kappa shape index (κ3) is 2.49. The van der Waals surface area contributed by atoms with Gasteiger partial charge in [0.1, 0.15) is 5.69 Å². The Labute approximate surface area is 108 Å². The van der Waals surface area contributed by atoms with E-state index in [1.807, 2.05) is 0 Å². The molecule has 0 amide bonds. The summed E-state index contributed by atoms with van der Waals surface area (Å²) in [5.74, 6) is 0. The first kappa shape index (κ1) is 12.5. The van der Waals surface area contributed by atoms with Gasteiger partial charge in [0.25, 0.3) is 5.69 Å². The van der Waals surface area contributed by atoms with Crippen LogP contribution >= 0.6 is 0 Å². The maximum absolute atomic E-state index is 11.2. The molecule has 7 nitrogen and oxygen atoms in total. The molecule has 2 rings (SSSR count). The first-order valence-electron chi connectivity index (χ1n) is 5.34. The molecular formula is C12H9N3O4. The zero-order chi connectivity index (χ0) is 13.8. The molecule has 0 unspecified atom stereocenters. The number of para-hydroxylation sites is 3. The minimum Gasteiger partial charge on any atom is -0.258 e. The molecule has 0 saturated carbocycles. The summed E-state index contributed by atoms with van der Waals surface area (Å²) in [6.45, 7) is 0. The lowest BCUT2D eigenvalue weighted by Gasteiger charge is -2.13. The first-order chi connectivity index (χ1) is 9.11. The second-order valence-corrected chi connectivity index (χ2v) is 3.63. The molecule has 0 atom stereocenters. The predicted octanol–water partition coefficient (Wildman–Crippen LogP) is 2.92. The fourth-order valence-corrected chi connectivity index (χ4v) is 1.69. The van der Waals surface area contributed by atoms with Crippen molar-refractivity contribution in [2.75, 3.05) is 5.01 Å². The molecule has 0 radical (unpaired) electrons. The molecule has 0 aliphatic rings. The van der Waals surface area contributed by atoms with Crippen molar-refractivity contribution < 1.29 is 9.96 Å². The van der Waals surface area contributed by atoms with E-state index < -0.39 is 9.96 Å². The molecular weight excluding hydrogens is 250 g/mol. The van der Waals surface area contributed by atoms with E-state index in [0.29, 0.717) is 5.01 Å². The Balaban J connectivity index is 2.59. The van der Waals surface area contributed by atoms with Gasteiger partial charge in [0.15, 0.2) is 10.7 Å². The average molecular weight is 259 g/mol. The fourth-order valence-electron chi connectivity index (χ4n) is 1.69. The van der Waals surface area contributed by atoms with Crippen LogP contribution in [0.5, 0.6) is 0 Å². The van der Waals surface area contributed by atoms with Crippen molar-refractivity contribution >= 4 is 17.1 Å². The standard InChI is InChI=1S/C12H9N3O4/c16-14(17)12-9-5-4-8-11(12)13(15(18)19)10-6-2-1-3-7-10/h1-9H. The molecule has 0 aromatic heterocycles. The van der Waals surface area contributed by atoms with E-state index in [-0.39, 0.29) is 17.1 Å². The van der Waals surface area contributed by atoms with Crippen molar-refractivity contribution in [1.82, 2.24) is 0 Å². The van der Waals surface area contributed by atoms with Crippen molar-refractivity contribution in [3.63, 3.8) is 0 Å². The highest BCUT2D eigenvalue weighted by atomic mass is 16.7. The van der Waals surface area contributed by atoms with E-state index >= 15 is 0 Å². The van der Waals surface area contributed by atoms with Gasteiger partial charge in [0, 0.05) is 6.07 Å². The molecule has 0 aliphatic heterocycles. The quantitative estimate of drug-likeness (QED) is 0.622. The van der Waals surface area contributed by atoms with Gasteiger partial charge in [-0.05, 0) is 18.2 Å². The van der Waals surface area contributed by atoms with Crippen LogP contribution in [0.15, 0.2) is 54.6 Å². The van der Waals surface area contributed by atoms with Crippen LogP contribution in [-0.4, -0.2) is 9.96 Å². The van der Waals surface area contributed by atoms with Gasteiger partial charge >= 0.3 is 0 Å². The van der Waals surface area contributed by atoms with Gasteiger partial charge in [-0.2, -0.15) is 0 Å². The van der Waals surface area contributed by atoms with Gasteiger partial charge in [-0.15, -0.1) is 0 Å². The van der Waals surface area contributed by atoms with Crippen LogP contribution < -0.4 is 5.01 Å². The number of rotatable bonds is 4. The van der Waals surface area contributed by atoms with Crippen molar-refractivity contribution in [2.45, 2.75) is 0 Å². The number of nitrogens with zero attached hydrogens (tertiary/aromatic N) is 3. The Morgan fingerprint density at radius 1 is 0.842 bits per heavy atom. The summed E-state index contributed by atoms with van der Waals surface area (Å²) >= 11 is 0. The largest absolute Gasteiger partial charge is 0.299 e. The lowest BCUT2D eigenvalue weighted by atomic mass is 10.2. The average Bonchev–Trinajstić information content (AvgIpc) is 2.40. The summed E-state index contributed by atoms with van der Waals surface area (Å²) in [6, 6.07) is 13.5.